The van der Waals surface area contributed by atoms with Crippen LogP contribution in [0, 0.1) is 11.7 Å². The first kappa shape index (κ1) is 22.9. The summed E-state index contributed by atoms with van der Waals surface area (Å²) in [4.78, 5) is 40.4. The number of rotatable bonds is 7. The van der Waals surface area contributed by atoms with E-state index < -0.39 is 11.9 Å². The van der Waals surface area contributed by atoms with Gasteiger partial charge in [-0.15, -0.1) is 11.3 Å². The largest absolute Gasteiger partial charge is 0.352 e. The van der Waals surface area contributed by atoms with Crippen molar-refractivity contribution >= 4 is 29.1 Å². The van der Waals surface area contributed by atoms with Crippen molar-refractivity contribution in [3.63, 3.8) is 0 Å². The second-order valence-electron chi connectivity index (χ2n) is 7.86. The smallest absolute Gasteiger partial charge is 0.262 e. The zero-order valence-corrected chi connectivity index (χ0v) is 18.6. The van der Waals surface area contributed by atoms with E-state index in [4.69, 9.17) is 0 Å². The normalized spacial score (nSPS) is 16.4. The van der Waals surface area contributed by atoms with E-state index in [2.05, 4.69) is 10.6 Å². The number of thiophene rings is 1. The van der Waals surface area contributed by atoms with Crippen LogP contribution in [0.4, 0.5) is 4.39 Å². The summed E-state index contributed by atoms with van der Waals surface area (Å²) < 4.78 is 14.0. The minimum Gasteiger partial charge on any atom is -0.352 e. The molecule has 3 amide bonds. The van der Waals surface area contributed by atoms with Gasteiger partial charge in [-0.1, -0.05) is 25.1 Å². The molecule has 0 spiro atoms. The van der Waals surface area contributed by atoms with E-state index in [1.54, 1.807) is 29.2 Å². The number of hydrogen-bond donors (Lipinski definition) is 2. The van der Waals surface area contributed by atoms with Gasteiger partial charge in [-0.25, -0.2) is 4.39 Å². The lowest BCUT2D eigenvalue weighted by Crippen LogP contribution is -2.55. The summed E-state index contributed by atoms with van der Waals surface area (Å²) in [7, 11) is 0. The van der Waals surface area contributed by atoms with Gasteiger partial charge in [0.05, 0.1) is 10.4 Å². The van der Waals surface area contributed by atoms with E-state index in [-0.39, 0.29) is 35.2 Å². The molecular weight excluding hydrogens is 417 g/mol. The maximum absolute atomic E-state index is 14.0. The second kappa shape index (κ2) is 10.5. The molecule has 6 nitrogen and oxygen atoms in total. The van der Waals surface area contributed by atoms with E-state index in [9.17, 15) is 18.8 Å². The predicted octanol–water partition coefficient (Wildman–Crippen LogP) is 3.45. The highest BCUT2D eigenvalue weighted by atomic mass is 32.1. The minimum atomic E-state index is -0.686. The number of halogens is 1. The monoisotopic (exact) mass is 445 g/mol. The molecule has 0 aliphatic carbocycles. The van der Waals surface area contributed by atoms with Gasteiger partial charge in [0.15, 0.2) is 0 Å². The lowest BCUT2D eigenvalue weighted by Gasteiger charge is -2.36. The Hall–Kier alpha value is -2.74. The van der Waals surface area contributed by atoms with Crippen LogP contribution in [0.1, 0.15) is 53.1 Å². The average Bonchev–Trinajstić information content (AvgIpc) is 3.32. The van der Waals surface area contributed by atoms with E-state index in [1.807, 2.05) is 19.2 Å². The molecule has 8 heteroatoms. The highest BCUT2D eigenvalue weighted by Crippen LogP contribution is 2.24. The van der Waals surface area contributed by atoms with Crippen LogP contribution in [0.5, 0.6) is 0 Å². The van der Waals surface area contributed by atoms with Crippen molar-refractivity contribution in [3.8, 4) is 0 Å². The number of carbonyl (C=O) groups excluding carboxylic acids is 3. The Balaban J connectivity index is 1.68. The van der Waals surface area contributed by atoms with Crippen LogP contribution in [0.2, 0.25) is 0 Å². The van der Waals surface area contributed by atoms with Gasteiger partial charge in [0.25, 0.3) is 11.8 Å². The Morgan fingerprint density at radius 2 is 1.84 bits per heavy atom. The molecule has 3 rings (SSSR count). The highest BCUT2D eigenvalue weighted by Gasteiger charge is 2.35. The molecule has 2 aromatic rings. The lowest BCUT2D eigenvalue weighted by atomic mass is 9.88. The topological polar surface area (TPSA) is 78.5 Å². The summed E-state index contributed by atoms with van der Waals surface area (Å²) in [5.74, 6) is -1.48. The zero-order chi connectivity index (χ0) is 22.4. The van der Waals surface area contributed by atoms with Crippen LogP contribution in [0.15, 0.2) is 41.8 Å². The number of benzene rings is 1. The first-order valence-corrected chi connectivity index (χ1v) is 11.5. The van der Waals surface area contributed by atoms with Gasteiger partial charge in [0, 0.05) is 19.1 Å². The molecule has 1 aromatic carbocycles. The van der Waals surface area contributed by atoms with Crippen molar-refractivity contribution in [1.82, 2.24) is 15.5 Å². The fourth-order valence-electron chi connectivity index (χ4n) is 3.69. The molecule has 1 fully saturated rings. The second-order valence-corrected chi connectivity index (χ2v) is 8.80. The molecule has 0 unspecified atom stereocenters. The average molecular weight is 446 g/mol. The molecule has 0 saturated carbocycles. The van der Waals surface area contributed by atoms with E-state index in [0.717, 1.165) is 6.42 Å². The summed E-state index contributed by atoms with van der Waals surface area (Å²) in [5, 5.41) is 7.68. The Kier molecular flexibility index (Phi) is 7.79. The number of hydrogen-bond acceptors (Lipinski definition) is 4. The molecule has 0 radical (unpaired) electrons. The molecule has 31 heavy (non-hydrogen) atoms. The Bertz CT molecular complexity index is 911. The lowest BCUT2D eigenvalue weighted by molar-refractivity contribution is -0.125. The third-order valence-corrected chi connectivity index (χ3v) is 6.59. The summed E-state index contributed by atoms with van der Waals surface area (Å²) in [6, 6.07) is 8.77. The number of nitrogens with zero attached hydrogens (tertiary/aromatic N) is 1. The van der Waals surface area contributed by atoms with Crippen LogP contribution in [0.3, 0.4) is 0 Å². The number of likely N-dealkylation sites (tertiary alicyclic amines) is 1. The summed E-state index contributed by atoms with van der Waals surface area (Å²) in [5.41, 5.74) is 0.0537. The van der Waals surface area contributed by atoms with Crippen molar-refractivity contribution in [2.75, 3.05) is 13.1 Å². The van der Waals surface area contributed by atoms with Gasteiger partial charge in [0.1, 0.15) is 11.9 Å². The molecule has 1 aliphatic heterocycles. The van der Waals surface area contributed by atoms with Crippen LogP contribution < -0.4 is 10.6 Å². The summed E-state index contributed by atoms with van der Waals surface area (Å²) in [6.07, 6.45) is 1.87. The van der Waals surface area contributed by atoms with Gasteiger partial charge in [0.2, 0.25) is 5.91 Å². The molecule has 2 atom stereocenters. The molecule has 1 aromatic heterocycles. The van der Waals surface area contributed by atoms with Crippen molar-refractivity contribution in [2.24, 2.45) is 5.92 Å². The Labute approximate surface area is 185 Å². The van der Waals surface area contributed by atoms with Gasteiger partial charge in [-0.3, -0.25) is 14.4 Å². The molecule has 1 aliphatic rings. The zero-order valence-electron chi connectivity index (χ0n) is 17.8. The molecule has 166 valence electrons. The predicted molar refractivity (Wildman–Crippen MR) is 118 cm³/mol. The van der Waals surface area contributed by atoms with Gasteiger partial charge in [-0.2, -0.15) is 0 Å². The molecule has 1 saturated heterocycles. The molecule has 0 bridgehead atoms. The van der Waals surface area contributed by atoms with Crippen molar-refractivity contribution < 1.29 is 18.8 Å². The standard InChI is InChI=1S/C23H28FN3O3S/c1-3-15(2)25-22(29)20(26-21(28)19-9-6-14-31-19)16-10-12-27(13-11-16)23(30)17-7-4-5-8-18(17)24/h4-9,14-16,20H,3,10-13H2,1-2H3,(H,25,29)(H,26,28)/t15-,20+/m0/s1. The van der Waals surface area contributed by atoms with Crippen molar-refractivity contribution in [1.29, 1.82) is 0 Å². The highest BCUT2D eigenvalue weighted by molar-refractivity contribution is 7.12. The SMILES string of the molecule is CC[C@H](C)NC(=O)[C@H](NC(=O)c1cccs1)C1CCN(C(=O)c2ccccc2F)CC1. The van der Waals surface area contributed by atoms with Gasteiger partial charge >= 0.3 is 0 Å². The molecule has 2 N–H and O–H groups in total. The number of amides is 3. The van der Waals surface area contributed by atoms with Crippen LogP contribution in [-0.4, -0.2) is 47.8 Å². The summed E-state index contributed by atoms with van der Waals surface area (Å²) in [6.45, 7) is 4.71. The third kappa shape index (κ3) is 5.70. The minimum absolute atomic E-state index is 0.00337. The van der Waals surface area contributed by atoms with Crippen LogP contribution in [0.25, 0.3) is 0 Å². The van der Waals surface area contributed by atoms with Gasteiger partial charge in [-0.05, 0) is 55.7 Å². The summed E-state index contributed by atoms with van der Waals surface area (Å²) >= 11 is 1.32. The van der Waals surface area contributed by atoms with Crippen LogP contribution in [-0.2, 0) is 4.79 Å². The maximum Gasteiger partial charge on any atom is 0.262 e. The van der Waals surface area contributed by atoms with Gasteiger partial charge < -0.3 is 15.5 Å². The maximum atomic E-state index is 14.0. The quantitative estimate of drug-likeness (QED) is 0.685. The molecule has 2 heterocycles. The number of nitrogens with one attached hydrogen (secondary N) is 2. The van der Waals surface area contributed by atoms with Crippen molar-refractivity contribution in [3.05, 3.63) is 58.0 Å². The first-order valence-electron chi connectivity index (χ1n) is 10.6. The van der Waals surface area contributed by atoms with E-state index >= 15 is 0 Å². The Morgan fingerprint density at radius 1 is 1.13 bits per heavy atom. The van der Waals surface area contributed by atoms with Crippen LogP contribution >= 0.6 is 11.3 Å². The fourth-order valence-corrected chi connectivity index (χ4v) is 4.32. The van der Waals surface area contributed by atoms with E-state index in [1.165, 1.54) is 23.5 Å². The fraction of sp³-hybridized carbons (Fsp3) is 0.435. The number of piperidine rings is 1. The van der Waals surface area contributed by atoms with Crippen molar-refractivity contribution in [2.45, 2.75) is 45.2 Å². The third-order valence-electron chi connectivity index (χ3n) is 5.72. The number of carbonyl (C=O) groups is 3. The Morgan fingerprint density at radius 3 is 2.45 bits per heavy atom. The van der Waals surface area contributed by atoms with E-state index in [0.29, 0.717) is 30.8 Å². The first-order chi connectivity index (χ1) is 14.9. The molecular formula is C23H28FN3O3S.